The van der Waals surface area contributed by atoms with Gasteiger partial charge in [-0.1, -0.05) is 22.9 Å². The molecule has 4 nitrogen and oxygen atoms in total. The van der Waals surface area contributed by atoms with Crippen LogP contribution in [-0.4, -0.2) is 47.7 Å². The first-order valence-corrected chi connectivity index (χ1v) is 10.8. The number of anilines is 1. The molecule has 1 fully saturated rings. The van der Waals surface area contributed by atoms with Crippen LogP contribution in [0.3, 0.4) is 0 Å². The highest BCUT2D eigenvalue weighted by molar-refractivity contribution is 8.00. The zero-order valence-corrected chi connectivity index (χ0v) is 17.1. The van der Waals surface area contributed by atoms with E-state index in [4.69, 9.17) is 11.6 Å². The molecule has 146 valence electrons. The highest BCUT2D eigenvalue weighted by Gasteiger charge is 2.23. The van der Waals surface area contributed by atoms with Crippen LogP contribution in [0.2, 0.25) is 5.02 Å². The first-order chi connectivity index (χ1) is 13.5. The number of benzene rings is 2. The van der Waals surface area contributed by atoms with Gasteiger partial charge in [-0.15, -0.1) is 11.8 Å². The number of amides is 1. The van der Waals surface area contributed by atoms with E-state index in [9.17, 15) is 13.6 Å². The standard InChI is InChI=1S/C19H16ClF2N3OS2/c20-12-1-3-14(4-2-12)27-11-17(26)24-5-7-25(8-6-24)19-23-18-15(22)9-13(21)10-16(18)28-19/h1-4,9-10H,5-8,11H2. The number of thiazole rings is 1. The van der Waals surface area contributed by atoms with E-state index in [1.165, 1.54) is 29.2 Å². The van der Waals surface area contributed by atoms with Gasteiger partial charge in [-0.3, -0.25) is 4.79 Å². The lowest BCUT2D eigenvalue weighted by Crippen LogP contribution is -2.49. The number of hydrogen-bond donors (Lipinski definition) is 0. The van der Waals surface area contributed by atoms with Crippen molar-refractivity contribution >= 4 is 56.0 Å². The second-order valence-corrected chi connectivity index (χ2v) is 8.84. The Labute approximate surface area is 174 Å². The normalized spacial score (nSPS) is 14.7. The van der Waals surface area contributed by atoms with Gasteiger partial charge in [-0.2, -0.15) is 0 Å². The van der Waals surface area contributed by atoms with Gasteiger partial charge in [0.2, 0.25) is 5.91 Å². The summed E-state index contributed by atoms with van der Waals surface area (Å²) in [6.45, 7) is 2.38. The van der Waals surface area contributed by atoms with Crippen LogP contribution < -0.4 is 4.90 Å². The Morgan fingerprint density at radius 3 is 2.57 bits per heavy atom. The number of carbonyl (C=O) groups is 1. The lowest BCUT2D eigenvalue weighted by Gasteiger charge is -2.34. The van der Waals surface area contributed by atoms with Gasteiger partial charge in [0.25, 0.3) is 0 Å². The van der Waals surface area contributed by atoms with E-state index in [0.29, 0.717) is 46.8 Å². The van der Waals surface area contributed by atoms with Gasteiger partial charge in [0.05, 0.1) is 10.5 Å². The number of fused-ring (bicyclic) bond motifs is 1. The lowest BCUT2D eigenvalue weighted by atomic mass is 10.3. The number of rotatable bonds is 4. The van der Waals surface area contributed by atoms with E-state index in [-0.39, 0.29) is 11.4 Å². The van der Waals surface area contributed by atoms with Crippen molar-refractivity contribution in [1.29, 1.82) is 0 Å². The third kappa shape index (κ3) is 4.24. The number of aromatic nitrogens is 1. The Morgan fingerprint density at radius 2 is 1.86 bits per heavy atom. The molecule has 0 radical (unpaired) electrons. The van der Waals surface area contributed by atoms with Crippen LogP contribution >= 0.6 is 34.7 Å². The predicted molar refractivity (Wildman–Crippen MR) is 111 cm³/mol. The Morgan fingerprint density at radius 1 is 1.14 bits per heavy atom. The van der Waals surface area contributed by atoms with Crippen LogP contribution in [0.1, 0.15) is 0 Å². The maximum Gasteiger partial charge on any atom is 0.233 e. The van der Waals surface area contributed by atoms with Crippen molar-refractivity contribution < 1.29 is 13.6 Å². The van der Waals surface area contributed by atoms with Crippen molar-refractivity contribution in [3.63, 3.8) is 0 Å². The summed E-state index contributed by atoms with van der Waals surface area (Å²) in [6.07, 6.45) is 0. The number of nitrogens with zero attached hydrogens (tertiary/aromatic N) is 3. The smallest absolute Gasteiger partial charge is 0.233 e. The van der Waals surface area contributed by atoms with Gasteiger partial charge in [-0.05, 0) is 30.3 Å². The number of piperazine rings is 1. The quantitative estimate of drug-likeness (QED) is 0.553. The number of carbonyl (C=O) groups excluding carboxylic acids is 1. The number of thioether (sulfide) groups is 1. The summed E-state index contributed by atoms with van der Waals surface area (Å²) in [6, 6.07) is 9.55. The zero-order valence-electron chi connectivity index (χ0n) is 14.7. The zero-order chi connectivity index (χ0) is 19.7. The summed E-state index contributed by atoms with van der Waals surface area (Å²) in [5.41, 5.74) is 0.194. The van der Waals surface area contributed by atoms with Crippen LogP contribution in [0.25, 0.3) is 10.2 Å². The van der Waals surface area contributed by atoms with Crippen LogP contribution in [0.4, 0.5) is 13.9 Å². The summed E-state index contributed by atoms with van der Waals surface area (Å²) in [7, 11) is 0. The van der Waals surface area contributed by atoms with E-state index >= 15 is 0 Å². The lowest BCUT2D eigenvalue weighted by molar-refractivity contribution is -0.128. The van der Waals surface area contributed by atoms with Gasteiger partial charge in [0, 0.05) is 42.2 Å². The molecule has 0 atom stereocenters. The van der Waals surface area contributed by atoms with Gasteiger partial charge in [0.1, 0.15) is 11.3 Å². The molecule has 0 N–H and O–H groups in total. The molecule has 3 aromatic rings. The second kappa shape index (κ2) is 8.23. The van der Waals surface area contributed by atoms with Crippen molar-refractivity contribution in [2.75, 3.05) is 36.8 Å². The van der Waals surface area contributed by atoms with Crippen LogP contribution in [-0.2, 0) is 4.79 Å². The van der Waals surface area contributed by atoms with Gasteiger partial charge < -0.3 is 9.80 Å². The third-order valence-electron chi connectivity index (χ3n) is 4.48. The van der Waals surface area contributed by atoms with Gasteiger partial charge >= 0.3 is 0 Å². The molecule has 28 heavy (non-hydrogen) atoms. The van der Waals surface area contributed by atoms with E-state index in [0.717, 1.165) is 11.0 Å². The molecule has 1 saturated heterocycles. The van der Waals surface area contributed by atoms with Crippen LogP contribution in [0.5, 0.6) is 0 Å². The average Bonchev–Trinajstić information content (AvgIpc) is 3.12. The molecule has 0 aliphatic carbocycles. The highest BCUT2D eigenvalue weighted by atomic mass is 35.5. The summed E-state index contributed by atoms with van der Waals surface area (Å²) in [5, 5.41) is 1.33. The minimum absolute atomic E-state index is 0.0806. The molecule has 0 unspecified atom stereocenters. The SMILES string of the molecule is O=C(CSc1ccc(Cl)cc1)N1CCN(c2nc3c(F)cc(F)cc3s2)CC1. The van der Waals surface area contributed by atoms with Crippen LogP contribution in [0.15, 0.2) is 41.3 Å². The second-order valence-electron chi connectivity index (χ2n) is 6.34. The first kappa shape index (κ1) is 19.4. The monoisotopic (exact) mass is 439 g/mol. The van der Waals surface area contributed by atoms with Crippen molar-refractivity contribution in [1.82, 2.24) is 9.88 Å². The average molecular weight is 440 g/mol. The molecule has 9 heteroatoms. The summed E-state index contributed by atoms with van der Waals surface area (Å²) < 4.78 is 27.7. The number of hydrogen-bond acceptors (Lipinski definition) is 5. The fraction of sp³-hybridized carbons (Fsp3) is 0.263. The summed E-state index contributed by atoms with van der Waals surface area (Å²) >= 11 is 8.62. The third-order valence-corrected chi connectivity index (χ3v) is 6.79. The maximum absolute atomic E-state index is 13.9. The fourth-order valence-electron chi connectivity index (χ4n) is 3.00. The summed E-state index contributed by atoms with van der Waals surface area (Å²) in [4.78, 5) is 21.6. The van der Waals surface area contributed by atoms with Crippen molar-refractivity contribution in [3.05, 3.63) is 53.1 Å². The molecular weight excluding hydrogens is 424 g/mol. The topological polar surface area (TPSA) is 36.4 Å². The Bertz CT molecular complexity index is 1000. The largest absolute Gasteiger partial charge is 0.345 e. The molecule has 1 aliphatic rings. The molecule has 1 aromatic heterocycles. The molecule has 0 bridgehead atoms. The molecule has 1 amide bonds. The predicted octanol–water partition coefficient (Wildman–Crippen LogP) is 4.67. The Kier molecular flexibility index (Phi) is 5.70. The number of halogens is 3. The van der Waals surface area contributed by atoms with E-state index in [1.54, 1.807) is 12.1 Å². The molecule has 0 spiro atoms. The van der Waals surface area contributed by atoms with Gasteiger partial charge in [0.15, 0.2) is 10.9 Å². The fourth-order valence-corrected chi connectivity index (χ4v) is 4.98. The van der Waals surface area contributed by atoms with Gasteiger partial charge in [-0.25, -0.2) is 13.8 Å². The molecule has 0 saturated carbocycles. The van der Waals surface area contributed by atoms with E-state index < -0.39 is 11.6 Å². The van der Waals surface area contributed by atoms with E-state index in [2.05, 4.69) is 4.98 Å². The van der Waals surface area contributed by atoms with Crippen molar-refractivity contribution in [2.45, 2.75) is 4.90 Å². The van der Waals surface area contributed by atoms with Crippen molar-refractivity contribution in [2.24, 2.45) is 0 Å². The minimum Gasteiger partial charge on any atom is -0.345 e. The molecular formula is C19H16ClF2N3OS2. The molecule has 2 aromatic carbocycles. The highest BCUT2D eigenvalue weighted by Crippen LogP contribution is 2.31. The Hall–Kier alpha value is -1.90. The van der Waals surface area contributed by atoms with Crippen molar-refractivity contribution in [3.8, 4) is 0 Å². The Balaban J connectivity index is 1.34. The minimum atomic E-state index is -0.648. The molecule has 2 heterocycles. The molecule has 4 rings (SSSR count). The molecule has 1 aliphatic heterocycles. The van der Waals surface area contributed by atoms with E-state index in [1.807, 2.05) is 21.9 Å². The van der Waals surface area contributed by atoms with Crippen LogP contribution in [0, 0.1) is 11.6 Å². The summed E-state index contributed by atoms with van der Waals surface area (Å²) in [5.74, 6) is -0.802. The maximum atomic E-state index is 13.9. The first-order valence-electron chi connectivity index (χ1n) is 8.66.